The van der Waals surface area contributed by atoms with Crippen LogP contribution in [0.4, 0.5) is 0 Å². The Bertz CT molecular complexity index is 846. The lowest BCUT2D eigenvalue weighted by atomic mass is 10.0. The van der Waals surface area contributed by atoms with Crippen LogP contribution in [0, 0.1) is 6.92 Å². The van der Waals surface area contributed by atoms with E-state index in [1.165, 1.54) is 34.9 Å². The van der Waals surface area contributed by atoms with E-state index < -0.39 is 0 Å². The molecule has 4 rings (SSSR count). The van der Waals surface area contributed by atoms with Gasteiger partial charge in [0, 0.05) is 0 Å². The van der Waals surface area contributed by atoms with E-state index in [4.69, 9.17) is 0 Å². The highest BCUT2D eigenvalue weighted by atomic mass is 14.4. The van der Waals surface area contributed by atoms with Gasteiger partial charge in [0.1, 0.15) is 0 Å². The van der Waals surface area contributed by atoms with Crippen LogP contribution >= 0.6 is 0 Å². The fourth-order valence-electron chi connectivity index (χ4n) is 2.80. The largest absolute Gasteiger partial charge is 0.333 e. The van der Waals surface area contributed by atoms with Gasteiger partial charge in [-0.1, -0.05) is 121 Å². The second-order valence-corrected chi connectivity index (χ2v) is 6.38. The smallest absolute Gasteiger partial charge is 0.00258 e. The molecule has 4 aromatic carbocycles. The summed E-state index contributed by atoms with van der Waals surface area (Å²) in [7, 11) is 1.50. The number of aryl methyl sites for hydroxylation is 1. The summed E-state index contributed by atoms with van der Waals surface area (Å²) in [6.45, 7) is 2.11. The van der Waals surface area contributed by atoms with Gasteiger partial charge in [-0.3, -0.25) is 0 Å². The Kier molecular flexibility index (Phi) is 9.26. The molecule has 1 nitrogen and oxygen atoms in total. The molecule has 142 valence electrons. The van der Waals surface area contributed by atoms with Gasteiger partial charge in [-0.2, -0.15) is 0 Å². The predicted molar refractivity (Wildman–Crippen MR) is 122 cm³/mol. The number of benzene rings is 4. The van der Waals surface area contributed by atoms with Gasteiger partial charge < -0.3 is 5.73 Å². The quantitative estimate of drug-likeness (QED) is 0.438. The molecule has 0 saturated heterocycles. The first-order valence-corrected chi connectivity index (χ1v) is 9.59. The molecule has 0 aliphatic heterocycles. The van der Waals surface area contributed by atoms with Crippen LogP contribution in [0.2, 0.25) is 0 Å². The number of rotatable bonds is 3. The maximum atomic E-state index is 4.50. The van der Waals surface area contributed by atoms with Gasteiger partial charge in [-0.15, -0.1) is 0 Å². The molecule has 0 unspecified atom stereocenters. The molecule has 0 atom stereocenters. The Morgan fingerprint density at radius 3 is 1.25 bits per heavy atom. The average molecular weight is 368 g/mol. The zero-order valence-electron chi connectivity index (χ0n) is 16.8. The molecule has 0 bridgehead atoms. The topological polar surface area (TPSA) is 26.0 Å². The summed E-state index contributed by atoms with van der Waals surface area (Å²) < 4.78 is 0. The zero-order chi connectivity index (χ0) is 20.0. The second-order valence-electron chi connectivity index (χ2n) is 6.38. The van der Waals surface area contributed by atoms with Crippen molar-refractivity contribution in [3.63, 3.8) is 0 Å². The molecule has 2 N–H and O–H groups in total. The summed E-state index contributed by atoms with van der Waals surface area (Å²) >= 11 is 0. The molecule has 0 amide bonds. The summed E-state index contributed by atoms with van der Waals surface area (Å²) in [4.78, 5) is 0. The molecule has 0 spiro atoms. The molecule has 0 aromatic heterocycles. The van der Waals surface area contributed by atoms with Crippen LogP contribution in [-0.2, 0) is 6.42 Å². The Hall–Kier alpha value is -3.16. The lowest BCUT2D eigenvalue weighted by Gasteiger charge is -2.00. The van der Waals surface area contributed by atoms with Crippen molar-refractivity contribution in [1.82, 2.24) is 0 Å². The Balaban J connectivity index is 0.000000184. The molecule has 0 radical (unpaired) electrons. The van der Waals surface area contributed by atoms with E-state index in [1.807, 2.05) is 6.07 Å². The van der Waals surface area contributed by atoms with Crippen molar-refractivity contribution in [2.45, 2.75) is 13.3 Å². The first-order chi connectivity index (χ1) is 13.8. The van der Waals surface area contributed by atoms with Crippen molar-refractivity contribution in [1.29, 1.82) is 0 Å². The molecule has 0 aliphatic rings. The zero-order valence-corrected chi connectivity index (χ0v) is 16.8. The van der Waals surface area contributed by atoms with Crippen LogP contribution in [0.3, 0.4) is 0 Å². The Labute approximate surface area is 169 Å². The van der Waals surface area contributed by atoms with Gasteiger partial charge in [0.05, 0.1) is 0 Å². The van der Waals surface area contributed by atoms with Crippen LogP contribution in [0.5, 0.6) is 0 Å². The van der Waals surface area contributed by atoms with E-state index >= 15 is 0 Å². The third kappa shape index (κ3) is 7.22. The number of nitrogens with two attached hydrogens (primary N) is 1. The van der Waals surface area contributed by atoms with E-state index in [-0.39, 0.29) is 0 Å². The second kappa shape index (κ2) is 12.3. The maximum Gasteiger partial charge on any atom is -0.00258 e. The van der Waals surface area contributed by atoms with E-state index in [9.17, 15) is 0 Å². The fraction of sp³-hybridized carbons (Fsp3) is 0.111. The van der Waals surface area contributed by atoms with Crippen LogP contribution < -0.4 is 5.73 Å². The van der Waals surface area contributed by atoms with E-state index in [2.05, 4.69) is 122 Å². The molecule has 1 heteroatoms. The molecule has 0 aliphatic carbocycles. The van der Waals surface area contributed by atoms with Crippen molar-refractivity contribution in [3.05, 3.63) is 132 Å². The lowest BCUT2D eigenvalue weighted by molar-refractivity contribution is 1.19. The molecular weight excluding hydrogens is 338 g/mol. The van der Waals surface area contributed by atoms with E-state index in [0.29, 0.717) is 0 Å². The highest BCUT2D eigenvalue weighted by Gasteiger charge is 1.94. The minimum Gasteiger partial charge on any atom is -0.333 e. The Morgan fingerprint density at radius 2 is 0.821 bits per heavy atom. The predicted octanol–water partition coefficient (Wildman–Crippen LogP) is 6.51. The normalized spacial score (nSPS) is 9.39. The van der Waals surface area contributed by atoms with Crippen molar-refractivity contribution < 1.29 is 0 Å². The van der Waals surface area contributed by atoms with Gasteiger partial charge in [0.15, 0.2) is 0 Å². The first kappa shape index (κ1) is 21.1. The summed E-state index contributed by atoms with van der Waals surface area (Å²) in [5.74, 6) is 0. The SMILES string of the molecule is CN.Cc1ccc(-c2ccccc2)cc1.c1ccc(Cc2ccccc2)cc1. The average Bonchev–Trinajstić information content (AvgIpc) is 2.78. The van der Waals surface area contributed by atoms with E-state index in [0.717, 1.165) is 6.42 Å². The third-order valence-electron chi connectivity index (χ3n) is 4.25. The van der Waals surface area contributed by atoms with Crippen LogP contribution in [0.25, 0.3) is 11.1 Å². The maximum absolute atomic E-state index is 4.50. The van der Waals surface area contributed by atoms with Gasteiger partial charge in [-0.25, -0.2) is 0 Å². The van der Waals surface area contributed by atoms with Gasteiger partial charge in [0.2, 0.25) is 0 Å². The third-order valence-corrected chi connectivity index (χ3v) is 4.25. The van der Waals surface area contributed by atoms with Crippen molar-refractivity contribution in [2.24, 2.45) is 5.73 Å². The number of hydrogen-bond acceptors (Lipinski definition) is 1. The Morgan fingerprint density at radius 1 is 0.464 bits per heavy atom. The van der Waals surface area contributed by atoms with Gasteiger partial charge >= 0.3 is 0 Å². The summed E-state index contributed by atoms with van der Waals surface area (Å²) in [6, 6.07) is 40.1. The fourth-order valence-corrected chi connectivity index (χ4v) is 2.80. The molecule has 4 aromatic rings. The molecule has 0 fully saturated rings. The standard InChI is InChI=1S/2C13H12.CH5N/c1-11-7-9-13(10-8-11)12-5-3-2-4-6-12;1-3-7-12(8-4-1)11-13-9-5-2-6-10-13;1-2/h2-10H,1H3;1-10H,11H2;2H2,1H3. The molecule has 0 heterocycles. The minimum atomic E-state index is 1.03. The van der Waals surface area contributed by atoms with Gasteiger partial charge in [-0.05, 0) is 42.6 Å². The van der Waals surface area contributed by atoms with Crippen LogP contribution in [-0.4, -0.2) is 7.05 Å². The van der Waals surface area contributed by atoms with E-state index in [1.54, 1.807) is 0 Å². The van der Waals surface area contributed by atoms with Crippen molar-refractivity contribution >= 4 is 0 Å². The van der Waals surface area contributed by atoms with Crippen molar-refractivity contribution in [3.8, 4) is 11.1 Å². The highest BCUT2D eigenvalue weighted by molar-refractivity contribution is 5.63. The van der Waals surface area contributed by atoms with Crippen molar-refractivity contribution in [2.75, 3.05) is 7.05 Å². The van der Waals surface area contributed by atoms with Gasteiger partial charge in [0.25, 0.3) is 0 Å². The lowest BCUT2D eigenvalue weighted by Crippen LogP contribution is -1.85. The minimum absolute atomic E-state index is 1.03. The summed E-state index contributed by atoms with van der Waals surface area (Å²) in [6.07, 6.45) is 1.03. The summed E-state index contributed by atoms with van der Waals surface area (Å²) in [5.41, 5.74) is 11.1. The molecule has 0 saturated carbocycles. The molecule has 28 heavy (non-hydrogen) atoms. The van der Waals surface area contributed by atoms with Crippen LogP contribution in [0.1, 0.15) is 16.7 Å². The molecular formula is C27H29N. The van der Waals surface area contributed by atoms with Crippen LogP contribution in [0.15, 0.2) is 115 Å². The monoisotopic (exact) mass is 367 g/mol. The first-order valence-electron chi connectivity index (χ1n) is 9.59. The number of hydrogen-bond donors (Lipinski definition) is 1. The highest BCUT2D eigenvalue weighted by Crippen LogP contribution is 2.18. The summed E-state index contributed by atoms with van der Waals surface area (Å²) in [5, 5.41) is 0.